The molecule has 0 heteroatoms. The van der Waals surface area contributed by atoms with Crippen molar-refractivity contribution in [2.45, 2.75) is 68.7 Å². The van der Waals surface area contributed by atoms with Gasteiger partial charge in [0.2, 0.25) is 0 Å². The van der Waals surface area contributed by atoms with Gasteiger partial charge in [-0.1, -0.05) is 152 Å². The standard InChI is InChI=1S/C39H36.C2H2.4CH4/c1-3-5-6-13-21-30(20-4-2)36-28-38-35-27-19-17-25-33(35)37(29-39(38)34-26-18-16-24-32(34)36)31-22-14-11-9-7-8-10-12-15-23-31;1-2;;;;/h3,5,7,10-29,31H,4,6,8H2,1-2H3;1-2H;4*1H4/b5-3-,12-10-,21-13-,22-14-,23-15-,30-20+;;;;;. The Morgan fingerprint density at radius 2 is 1.40 bits per heavy atom. The summed E-state index contributed by atoms with van der Waals surface area (Å²) in [5.41, 5.74) is 7.17. The van der Waals surface area contributed by atoms with Gasteiger partial charge in [0.25, 0.3) is 0 Å². The van der Waals surface area contributed by atoms with Gasteiger partial charge < -0.3 is 0 Å². The van der Waals surface area contributed by atoms with Gasteiger partial charge in [-0.25, -0.2) is 0 Å². The van der Waals surface area contributed by atoms with Gasteiger partial charge in [-0.3, -0.25) is 0 Å². The molecule has 1 atom stereocenters. The predicted octanol–water partition coefficient (Wildman–Crippen LogP) is 14.1. The lowest BCUT2D eigenvalue weighted by Gasteiger charge is -2.18. The maximum atomic E-state index is 4.00. The Kier molecular flexibility index (Phi) is 18.7. The van der Waals surface area contributed by atoms with Crippen LogP contribution in [0.4, 0.5) is 0 Å². The maximum absolute atomic E-state index is 4.00. The highest BCUT2D eigenvalue weighted by Gasteiger charge is 2.16. The number of benzene rings is 4. The highest BCUT2D eigenvalue weighted by atomic mass is 14.2. The zero-order valence-electron chi connectivity index (χ0n) is 24.1. The lowest BCUT2D eigenvalue weighted by atomic mass is 9.85. The van der Waals surface area contributed by atoms with E-state index in [1.165, 1.54) is 49.0 Å². The van der Waals surface area contributed by atoms with Crippen LogP contribution in [0.1, 0.15) is 79.9 Å². The largest absolute Gasteiger partial charge is 0.125 e. The van der Waals surface area contributed by atoms with E-state index in [0.717, 1.165) is 19.3 Å². The molecule has 0 heterocycles. The minimum Gasteiger partial charge on any atom is -0.125 e. The molecule has 0 aliphatic heterocycles. The van der Waals surface area contributed by atoms with Gasteiger partial charge in [0.15, 0.2) is 0 Å². The fraction of sp³-hybridized carbons (Fsp3) is 0.222. The SMILES string of the molecule is C.C.C.C.C#C.C/C=C\C/C=C\C(=C/CC)c1cc2c3ccccc3c(C3/C=C\C=C=CC/C=C\C=C/3)cc2c2ccccc12. The molecule has 1 unspecified atom stereocenters. The second-order valence-electron chi connectivity index (χ2n) is 9.85. The summed E-state index contributed by atoms with van der Waals surface area (Å²) in [6, 6.07) is 22.6. The normalized spacial score (nSPS) is 16.4. The fourth-order valence-electron chi connectivity index (χ4n) is 5.44. The quantitative estimate of drug-likeness (QED) is 0.0685. The van der Waals surface area contributed by atoms with Crippen molar-refractivity contribution < 1.29 is 0 Å². The van der Waals surface area contributed by atoms with Crippen LogP contribution in [0.15, 0.2) is 145 Å². The van der Waals surface area contributed by atoms with Crippen LogP contribution in [-0.4, -0.2) is 0 Å². The van der Waals surface area contributed by atoms with Gasteiger partial charge in [-0.15, -0.1) is 18.6 Å². The molecule has 45 heavy (non-hydrogen) atoms. The lowest BCUT2D eigenvalue weighted by Crippen LogP contribution is -1.96. The molecular formula is C45H54. The molecule has 0 fully saturated rings. The van der Waals surface area contributed by atoms with Crippen molar-refractivity contribution in [1.29, 1.82) is 0 Å². The van der Waals surface area contributed by atoms with Crippen molar-refractivity contribution >= 4 is 37.9 Å². The average molecular weight is 595 g/mol. The van der Waals surface area contributed by atoms with Gasteiger partial charge in [-0.05, 0) is 99.5 Å². The molecule has 1 aliphatic rings. The number of hydrogen-bond acceptors (Lipinski definition) is 0. The number of hydrogen-bond donors (Lipinski definition) is 0. The zero-order chi connectivity index (χ0) is 28.9. The smallest absolute Gasteiger partial charge is 0.0211 e. The third-order valence-corrected chi connectivity index (χ3v) is 7.26. The Balaban J connectivity index is 0.00000316. The van der Waals surface area contributed by atoms with E-state index in [0.29, 0.717) is 0 Å². The first-order valence-electron chi connectivity index (χ1n) is 14.4. The molecule has 0 nitrogen and oxygen atoms in total. The Morgan fingerprint density at radius 1 is 0.778 bits per heavy atom. The van der Waals surface area contributed by atoms with Gasteiger partial charge in [0.05, 0.1) is 0 Å². The molecule has 0 amide bonds. The summed E-state index contributed by atoms with van der Waals surface area (Å²) in [6.07, 6.45) is 39.3. The Labute approximate surface area is 275 Å². The van der Waals surface area contributed by atoms with Crippen molar-refractivity contribution in [2.75, 3.05) is 0 Å². The molecule has 4 aromatic rings. The molecule has 0 bridgehead atoms. The lowest BCUT2D eigenvalue weighted by molar-refractivity contribution is 1.10. The first-order valence-corrected chi connectivity index (χ1v) is 14.4. The Morgan fingerprint density at radius 3 is 2.09 bits per heavy atom. The summed E-state index contributed by atoms with van der Waals surface area (Å²) in [6.45, 7) is 4.29. The Bertz CT molecular complexity index is 1770. The molecule has 0 radical (unpaired) electrons. The van der Waals surface area contributed by atoms with Crippen molar-refractivity contribution in [3.8, 4) is 12.8 Å². The van der Waals surface area contributed by atoms with Gasteiger partial charge in [0, 0.05) is 5.92 Å². The molecule has 5 rings (SSSR count). The summed E-state index contributed by atoms with van der Waals surface area (Å²) in [4.78, 5) is 0. The van der Waals surface area contributed by atoms with Gasteiger partial charge >= 0.3 is 0 Å². The molecule has 0 saturated heterocycles. The van der Waals surface area contributed by atoms with Crippen LogP contribution in [-0.2, 0) is 0 Å². The van der Waals surface area contributed by atoms with Crippen LogP contribution in [0, 0.1) is 12.8 Å². The summed E-state index contributed by atoms with van der Waals surface area (Å²) in [7, 11) is 0. The van der Waals surface area contributed by atoms with E-state index in [1.807, 2.05) is 6.08 Å². The molecular weight excluding hydrogens is 540 g/mol. The summed E-state index contributed by atoms with van der Waals surface area (Å²) < 4.78 is 0. The van der Waals surface area contributed by atoms with Crippen LogP contribution in [0.25, 0.3) is 37.9 Å². The van der Waals surface area contributed by atoms with E-state index in [4.69, 9.17) is 0 Å². The first-order chi connectivity index (χ1) is 20.3. The van der Waals surface area contributed by atoms with Crippen LogP contribution in [0.5, 0.6) is 0 Å². The van der Waals surface area contributed by atoms with E-state index in [-0.39, 0.29) is 35.6 Å². The van der Waals surface area contributed by atoms with Crippen LogP contribution in [0.3, 0.4) is 0 Å². The van der Waals surface area contributed by atoms with E-state index in [1.54, 1.807) is 0 Å². The number of terminal acetylenes is 1. The second-order valence-corrected chi connectivity index (χ2v) is 9.85. The predicted molar refractivity (Wildman–Crippen MR) is 210 cm³/mol. The topological polar surface area (TPSA) is 0 Å². The minimum absolute atomic E-state index is 0. The van der Waals surface area contributed by atoms with Crippen molar-refractivity contribution in [1.82, 2.24) is 0 Å². The molecule has 0 N–H and O–H groups in total. The van der Waals surface area contributed by atoms with Gasteiger partial charge in [0.1, 0.15) is 0 Å². The van der Waals surface area contributed by atoms with Crippen molar-refractivity contribution in [3.05, 3.63) is 157 Å². The van der Waals surface area contributed by atoms with Crippen LogP contribution >= 0.6 is 0 Å². The summed E-state index contributed by atoms with van der Waals surface area (Å²) >= 11 is 0. The molecule has 0 aromatic heterocycles. The average Bonchev–Trinajstić information content (AvgIpc) is 3.09. The highest BCUT2D eigenvalue weighted by molar-refractivity contribution is 6.21. The molecule has 234 valence electrons. The second kappa shape index (κ2) is 21.0. The van der Waals surface area contributed by atoms with E-state index < -0.39 is 0 Å². The van der Waals surface area contributed by atoms with Gasteiger partial charge in [-0.2, -0.15) is 0 Å². The van der Waals surface area contributed by atoms with Crippen molar-refractivity contribution in [3.63, 3.8) is 0 Å². The molecule has 0 saturated carbocycles. The van der Waals surface area contributed by atoms with E-state index >= 15 is 0 Å². The molecule has 4 aromatic carbocycles. The third kappa shape index (κ3) is 9.58. The highest BCUT2D eigenvalue weighted by Crippen LogP contribution is 2.40. The maximum Gasteiger partial charge on any atom is 0.0211 e. The van der Waals surface area contributed by atoms with E-state index in [2.05, 4.69) is 166 Å². The zero-order valence-corrected chi connectivity index (χ0v) is 24.1. The Hall–Kier alpha value is -4.82. The van der Waals surface area contributed by atoms with Crippen LogP contribution in [0.2, 0.25) is 0 Å². The summed E-state index contributed by atoms with van der Waals surface area (Å²) in [5.74, 6) is 0.156. The van der Waals surface area contributed by atoms with E-state index in [9.17, 15) is 0 Å². The summed E-state index contributed by atoms with van der Waals surface area (Å²) in [5, 5.41) is 7.80. The first kappa shape index (κ1) is 40.2. The molecule has 0 spiro atoms. The molecule has 1 aliphatic carbocycles. The monoisotopic (exact) mass is 594 g/mol. The van der Waals surface area contributed by atoms with Crippen molar-refractivity contribution in [2.24, 2.45) is 0 Å². The minimum atomic E-state index is 0. The number of rotatable bonds is 6. The fourth-order valence-corrected chi connectivity index (χ4v) is 5.44. The third-order valence-electron chi connectivity index (χ3n) is 7.26. The number of fused-ring (bicyclic) bond motifs is 5. The number of allylic oxidation sites excluding steroid dienone is 13. The van der Waals surface area contributed by atoms with Crippen LogP contribution < -0.4 is 0 Å².